The van der Waals surface area contributed by atoms with E-state index in [4.69, 9.17) is 0 Å². The van der Waals surface area contributed by atoms with Crippen LogP contribution in [0.2, 0.25) is 0 Å². The van der Waals surface area contributed by atoms with E-state index in [9.17, 15) is 8.42 Å². The number of nitrogens with one attached hydrogen (secondary N) is 1. The number of nitrogens with zero attached hydrogens (tertiary/aromatic N) is 1. The molecule has 0 bridgehead atoms. The summed E-state index contributed by atoms with van der Waals surface area (Å²) in [6.45, 7) is 0. The molecule has 0 radical (unpaired) electrons. The lowest BCUT2D eigenvalue weighted by atomic mass is 10.1. The molecule has 0 aliphatic rings. The van der Waals surface area contributed by atoms with Gasteiger partial charge in [-0.2, -0.15) is 0 Å². The highest BCUT2D eigenvalue weighted by atomic mass is 32.2. The van der Waals surface area contributed by atoms with Gasteiger partial charge in [0.25, 0.3) is 0 Å². The summed E-state index contributed by atoms with van der Waals surface area (Å²) in [5, 5.41) is 0. The Labute approximate surface area is 111 Å². The first-order valence-electron chi connectivity index (χ1n) is 5.78. The van der Waals surface area contributed by atoms with E-state index < -0.39 is 9.84 Å². The molecule has 96 valence electrons. The molecule has 4 nitrogen and oxygen atoms in total. The number of hydrogen-bond donors (Lipinski definition) is 1. The second-order valence-electron chi connectivity index (χ2n) is 4.43. The Hall–Kier alpha value is -2.14. The van der Waals surface area contributed by atoms with Crippen LogP contribution in [-0.2, 0) is 9.84 Å². The Kier molecular flexibility index (Phi) is 2.64. The lowest BCUT2D eigenvalue weighted by molar-refractivity contribution is 0.602. The summed E-state index contributed by atoms with van der Waals surface area (Å²) in [6, 6.07) is 12.7. The maximum atomic E-state index is 11.6. The van der Waals surface area contributed by atoms with Crippen molar-refractivity contribution in [2.75, 3.05) is 6.26 Å². The van der Waals surface area contributed by atoms with Crippen LogP contribution < -0.4 is 0 Å². The lowest BCUT2D eigenvalue weighted by Gasteiger charge is -2.04. The summed E-state index contributed by atoms with van der Waals surface area (Å²) in [4.78, 5) is 7.53. The molecular weight excluding hydrogens is 260 g/mol. The molecule has 3 aromatic rings. The first-order valence-corrected chi connectivity index (χ1v) is 7.67. The van der Waals surface area contributed by atoms with Crippen molar-refractivity contribution in [1.29, 1.82) is 0 Å². The second-order valence-corrected chi connectivity index (χ2v) is 6.45. The van der Waals surface area contributed by atoms with Crippen LogP contribution >= 0.6 is 0 Å². The van der Waals surface area contributed by atoms with Crippen LogP contribution in [0.3, 0.4) is 0 Å². The number of hydrogen-bond acceptors (Lipinski definition) is 3. The molecule has 19 heavy (non-hydrogen) atoms. The number of aromatic amines is 1. The highest BCUT2D eigenvalue weighted by molar-refractivity contribution is 7.90. The molecule has 5 heteroatoms. The molecule has 0 amide bonds. The van der Waals surface area contributed by atoms with Gasteiger partial charge in [0.05, 0.1) is 22.3 Å². The SMILES string of the molecule is CS(=O)(=O)c1cccc(-c2ccc3nc[nH]c3c2)c1. The van der Waals surface area contributed by atoms with E-state index in [1.807, 2.05) is 24.3 Å². The van der Waals surface area contributed by atoms with E-state index in [0.717, 1.165) is 22.2 Å². The molecule has 1 heterocycles. The van der Waals surface area contributed by atoms with Crippen LogP contribution in [0.25, 0.3) is 22.2 Å². The molecule has 0 saturated heterocycles. The van der Waals surface area contributed by atoms with Crippen LogP contribution in [0, 0.1) is 0 Å². The predicted molar refractivity (Wildman–Crippen MR) is 74.6 cm³/mol. The molecule has 0 atom stereocenters. The van der Waals surface area contributed by atoms with E-state index in [1.54, 1.807) is 24.5 Å². The first-order chi connectivity index (χ1) is 9.04. The Morgan fingerprint density at radius 3 is 2.63 bits per heavy atom. The summed E-state index contributed by atoms with van der Waals surface area (Å²) < 4.78 is 23.1. The van der Waals surface area contributed by atoms with Gasteiger partial charge in [-0.05, 0) is 35.4 Å². The first kappa shape index (κ1) is 11.9. The van der Waals surface area contributed by atoms with Crippen molar-refractivity contribution >= 4 is 20.9 Å². The maximum absolute atomic E-state index is 11.6. The van der Waals surface area contributed by atoms with Gasteiger partial charge in [0, 0.05) is 6.26 Å². The Morgan fingerprint density at radius 1 is 1.05 bits per heavy atom. The third-order valence-corrected chi connectivity index (χ3v) is 4.13. The van der Waals surface area contributed by atoms with E-state index in [1.165, 1.54) is 6.26 Å². The molecule has 1 aromatic heterocycles. The van der Waals surface area contributed by atoms with Crippen molar-refractivity contribution in [3.63, 3.8) is 0 Å². The molecule has 0 fully saturated rings. The Morgan fingerprint density at radius 2 is 1.84 bits per heavy atom. The fourth-order valence-electron chi connectivity index (χ4n) is 2.02. The van der Waals surface area contributed by atoms with Crippen molar-refractivity contribution in [2.24, 2.45) is 0 Å². The molecular formula is C14H12N2O2S. The van der Waals surface area contributed by atoms with Crippen molar-refractivity contribution in [1.82, 2.24) is 9.97 Å². The number of sulfone groups is 1. The zero-order valence-electron chi connectivity index (χ0n) is 10.3. The van der Waals surface area contributed by atoms with Gasteiger partial charge in [-0.1, -0.05) is 18.2 Å². The highest BCUT2D eigenvalue weighted by Crippen LogP contribution is 2.25. The predicted octanol–water partition coefficient (Wildman–Crippen LogP) is 2.63. The van der Waals surface area contributed by atoms with Gasteiger partial charge in [-0.25, -0.2) is 13.4 Å². The molecule has 0 spiro atoms. The van der Waals surface area contributed by atoms with Crippen molar-refractivity contribution in [3.05, 3.63) is 48.8 Å². The number of fused-ring (bicyclic) bond motifs is 1. The average molecular weight is 272 g/mol. The molecule has 0 aliphatic heterocycles. The van der Waals surface area contributed by atoms with Crippen molar-refractivity contribution < 1.29 is 8.42 Å². The second kappa shape index (κ2) is 4.20. The minimum Gasteiger partial charge on any atom is -0.345 e. The maximum Gasteiger partial charge on any atom is 0.175 e. The highest BCUT2D eigenvalue weighted by Gasteiger charge is 2.08. The number of rotatable bonds is 2. The fraction of sp³-hybridized carbons (Fsp3) is 0.0714. The molecule has 0 aliphatic carbocycles. The van der Waals surface area contributed by atoms with E-state index in [2.05, 4.69) is 9.97 Å². The van der Waals surface area contributed by atoms with Crippen molar-refractivity contribution in [3.8, 4) is 11.1 Å². The number of imidazole rings is 1. The van der Waals surface area contributed by atoms with Crippen LogP contribution in [0.5, 0.6) is 0 Å². The summed E-state index contributed by atoms with van der Waals surface area (Å²) in [7, 11) is -3.19. The van der Waals surface area contributed by atoms with Crippen LogP contribution in [0.15, 0.2) is 53.7 Å². The largest absolute Gasteiger partial charge is 0.345 e. The smallest absolute Gasteiger partial charge is 0.175 e. The minimum absolute atomic E-state index is 0.328. The summed E-state index contributed by atoms with van der Waals surface area (Å²) in [5.41, 5.74) is 3.66. The summed E-state index contributed by atoms with van der Waals surface area (Å²) >= 11 is 0. The number of aromatic nitrogens is 2. The standard InChI is InChI=1S/C14H12N2O2S/c1-19(17,18)12-4-2-3-10(7-12)11-5-6-13-14(8-11)16-9-15-13/h2-9H,1H3,(H,15,16). The number of benzene rings is 2. The zero-order chi connectivity index (χ0) is 13.5. The molecule has 0 saturated carbocycles. The molecule has 0 unspecified atom stereocenters. The molecule has 3 rings (SSSR count). The molecule has 1 N–H and O–H groups in total. The van der Waals surface area contributed by atoms with Crippen LogP contribution in [-0.4, -0.2) is 24.6 Å². The van der Waals surface area contributed by atoms with E-state index in [0.29, 0.717) is 4.90 Å². The van der Waals surface area contributed by atoms with Gasteiger partial charge < -0.3 is 4.98 Å². The minimum atomic E-state index is -3.19. The summed E-state index contributed by atoms with van der Waals surface area (Å²) in [6.07, 6.45) is 2.85. The quantitative estimate of drug-likeness (QED) is 0.780. The van der Waals surface area contributed by atoms with Gasteiger partial charge in [-0.15, -0.1) is 0 Å². The zero-order valence-corrected chi connectivity index (χ0v) is 11.1. The van der Waals surface area contributed by atoms with Gasteiger partial charge in [0.15, 0.2) is 9.84 Å². The van der Waals surface area contributed by atoms with Gasteiger partial charge >= 0.3 is 0 Å². The summed E-state index contributed by atoms with van der Waals surface area (Å²) in [5.74, 6) is 0. The monoisotopic (exact) mass is 272 g/mol. The average Bonchev–Trinajstić information content (AvgIpc) is 2.85. The topological polar surface area (TPSA) is 62.8 Å². The number of H-pyrrole nitrogens is 1. The van der Waals surface area contributed by atoms with Crippen LogP contribution in [0.1, 0.15) is 0 Å². The third-order valence-electron chi connectivity index (χ3n) is 3.02. The normalized spacial score (nSPS) is 11.8. The van der Waals surface area contributed by atoms with E-state index >= 15 is 0 Å². The van der Waals surface area contributed by atoms with E-state index in [-0.39, 0.29) is 0 Å². The Bertz CT molecular complexity index is 851. The van der Waals surface area contributed by atoms with Crippen molar-refractivity contribution in [2.45, 2.75) is 4.90 Å². The van der Waals surface area contributed by atoms with Gasteiger partial charge in [0.2, 0.25) is 0 Å². The van der Waals surface area contributed by atoms with Gasteiger partial charge in [0.1, 0.15) is 0 Å². The third kappa shape index (κ3) is 2.24. The Balaban J connectivity index is 2.15. The lowest BCUT2D eigenvalue weighted by Crippen LogP contribution is -1.96. The fourth-order valence-corrected chi connectivity index (χ4v) is 2.69. The van der Waals surface area contributed by atoms with Crippen LogP contribution in [0.4, 0.5) is 0 Å². The molecule has 2 aromatic carbocycles. The van der Waals surface area contributed by atoms with Gasteiger partial charge in [-0.3, -0.25) is 0 Å².